The predicted octanol–water partition coefficient (Wildman–Crippen LogP) is 3.09. The maximum Gasteiger partial charge on any atom is 0.243 e. The summed E-state index contributed by atoms with van der Waals surface area (Å²) < 4.78 is 5.50. The Bertz CT molecular complexity index is 455. The fraction of sp³-hybridized carbons (Fsp3) is 0.882. The highest BCUT2D eigenvalue weighted by atomic mass is 16.5. The number of piperazine rings is 1. The molecule has 1 aliphatic heterocycles. The van der Waals surface area contributed by atoms with Gasteiger partial charge < -0.3 is 9.42 Å². The Labute approximate surface area is 135 Å². The summed E-state index contributed by atoms with van der Waals surface area (Å²) in [4.78, 5) is 9.62. The van der Waals surface area contributed by atoms with E-state index in [-0.39, 0.29) is 11.5 Å². The summed E-state index contributed by atoms with van der Waals surface area (Å²) in [7, 11) is 0. The Balaban J connectivity index is 1.87. The molecule has 1 aromatic heterocycles. The zero-order valence-corrected chi connectivity index (χ0v) is 15.1. The summed E-state index contributed by atoms with van der Waals surface area (Å²) in [6.07, 6.45) is 1.29. The average molecular weight is 308 g/mol. The third-order valence-corrected chi connectivity index (χ3v) is 4.45. The van der Waals surface area contributed by atoms with E-state index in [0.29, 0.717) is 0 Å². The lowest BCUT2D eigenvalue weighted by Gasteiger charge is -2.37. The second-order valence-electron chi connectivity index (χ2n) is 7.94. The molecule has 0 radical (unpaired) electrons. The highest BCUT2D eigenvalue weighted by Crippen LogP contribution is 2.24. The Morgan fingerprint density at radius 2 is 1.73 bits per heavy atom. The zero-order valence-electron chi connectivity index (χ0n) is 15.1. The molecule has 0 saturated carbocycles. The van der Waals surface area contributed by atoms with Gasteiger partial charge in [0.2, 0.25) is 5.89 Å². The van der Waals surface area contributed by atoms with Gasteiger partial charge >= 0.3 is 0 Å². The second-order valence-corrected chi connectivity index (χ2v) is 7.94. The van der Waals surface area contributed by atoms with E-state index in [2.05, 4.69) is 61.5 Å². The fourth-order valence-electron chi connectivity index (χ4n) is 2.68. The lowest BCUT2D eigenvalue weighted by atomic mass is 9.96. The minimum absolute atomic E-state index is 0.0585. The number of aromatic nitrogens is 2. The van der Waals surface area contributed by atoms with Gasteiger partial charge in [0.1, 0.15) is 0 Å². The Morgan fingerprint density at radius 1 is 1.09 bits per heavy atom. The highest BCUT2D eigenvalue weighted by molar-refractivity contribution is 5.02. The van der Waals surface area contributed by atoms with Gasteiger partial charge in [0.05, 0.1) is 6.04 Å². The van der Waals surface area contributed by atoms with Crippen molar-refractivity contribution in [1.82, 2.24) is 19.9 Å². The third kappa shape index (κ3) is 4.53. The molecule has 0 aliphatic carbocycles. The van der Waals surface area contributed by atoms with Crippen LogP contribution in [0.4, 0.5) is 0 Å². The maximum absolute atomic E-state index is 5.50. The molecule has 1 aromatic rings. The van der Waals surface area contributed by atoms with E-state index >= 15 is 0 Å². The van der Waals surface area contributed by atoms with Crippen LogP contribution in [-0.2, 0) is 5.41 Å². The van der Waals surface area contributed by atoms with Gasteiger partial charge in [-0.3, -0.25) is 4.90 Å². The van der Waals surface area contributed by atoms with Crippen LogP contribution in [0.5, 0.6) is 0 Å². The van der Waals surface area contributed by atoms with Crippen LogP contribution in [0, 0.1) is 5.92 Å². The Hall–Kier alpha value is -0.940. The van der Waals surface area contributed by atoms with Crippen molar-refractivity contribution in [3.05, 3.63) is 11.7 Å². The second kappa shape index (κ2) is 7.09. The normalized spacial score (nSPS) is 19.8. The molecule has 0 N–H and O–H groups in total. The maximum atomic E-state index is 5.50. The van der Waals surface area contributed by atoms with Crippen molar-refractivity contribution in [1.29, 1.82) is 0 Å². The van der Waals surface area contributed by atoms with Crippen LogP contribution in [0.1, 0.15) is 65.7 Å². The van der Waals surface area contributed by atoms with Crippen LogP contribution < -0.4 is 0 Å². The number of hydrogen-bond acceptors (Lipinski definition) is 5. The zero-order chi connectivity index (χ0) is 16.3. The lowest BCUT2D eigenvalue weighted by Crippen LogP contribution is -2.47. The van der Waals surface area contributed by atoms with Crippen molar-refractivity contribution in [2.75, 3.05) is 32.7 Å². The molecule has 1 atom stereocenters. The standard InChI is InChI=1S/C17H32N4O/c1-13(2)7-8-20-9-11-21(12-10-20)14(3)15-18-16(19-22-15)17(4,5)6/h13-14H,7-12H2,1-6H3. The molecule has 2 rings (SSSR count). The Morgan fingerprint density at radius 3 is 2.23 bits per heavy atom. The quantitative estimate of drug-likeness (QED) is 0.836. The summed E-state index contributed by atoms with van der Waals surface area (Å²) in [5, 5.41) is 4.14. The topological polar surface area (TPSA) is 45.4 Å². The van der Waals surface area contributed by atoms with Crippen molar-refractivity contribution in [3.8, 4) is 0 Å². The molecule has 1 fully saturated rings. The molecule has 0 spiro atoms. The summed E-state index contributed by atoms with van der Waals surface area (Å²) >= 11 is 0. The molecule has 5 nitrogen and oxygen atoms in total. The first-order valence-corrected chi connectivity index (χ1v) is 8.58. The van der Waals surface area contributed by atoms with Crippen LogP contribution in [0.15, 0.2) is 4.52 Å². The summed E-state index contributed by atoms with van der Waals surface area (Å²) in [5.41, 5.74) is -0.0585. The molecule has 126 valence electrons. The van der Waals surface area contributed by atoms with Crippen LogP contribution in [-0.4, -0.2) is 52.7 Å². The minimum atomic E-state index is -0.0585. The lowest BCUT2D eigenvalue weighted by molar-refractivity contribution is 0.0858. The molecule has 22 heavy (non-hydrogen) atoms. The fourth-order valence-corrected chi connectivity index (χ4v) is 2.68. The first-order valence-electron chi connectivity index (χ1n) is 8.58. The third-order valence-electron chi connectivity index (χ3n) is 4.45. The van der Waals surface area contributed by atoms with Gasteiger partial charge in [-0.1, -0.05) is 39.8 Å². The van der Waals surface area contributed by atoms with Crippen LogP contribution >= 0.6 is 0 Å². The van der Waals surface area contributed by atoms with Crippen molar-refractivity contribution in [3.63, 3.8) is 0 Å². The molecule has 0 aromatic carbocycles. The largest absolute Gasteiger partial charge is 0.338 e. The van der Waals surface area contributed by atoms with E-state index in [1.165, 1.54) is 13.0 Å². The van der Waals surface area contributed by atoms with E-state index in [1.54, 1.807) is 0 Å². The first kappa shape index (κ1) is 17.4. The molecule has 5 heteroatoms. The van der Waals surface area contributed by atoms with E-state index in [9.17, 15) is 0 Å². The summed E-state index contributed by atoms with van der Waals surface area (Å²) in [6, 6.07) is 0.204. The number of nitrogens with zero attached hydrogens (tertiary/aromatic N) is 4. The highest BCUT2D eigenvalue weighted by Gasteiger charge is 2.28. The van der Waals surface area contributed by atoms with Crippen LogP contribution in [0.2, 0.25) is 0 Å². The molecule has 1 saturated heterocycles. The minimum Gasteiger partial charge on any atom is -0.338 e. The van der Waals surface area contributed by atoms with Crippen molar-refractivity contribution in [2.24, 2.45) is 5.92 Å². The van der Waals surface area contributed by atoms with Crippen LogP contribution in [0.3, 0.4) is 0 Å². The van der Waals surface area contributed by atoms with E-state index in [4.69, 9.17) is 4.52 Å². The van der Waals surface area contributed by atoms with Crippen LogP contribution in [0.25, 0.3) is 0 Å². The summed E-state index contributed by atoms with van der Waals surface area (Å²) in [5.74, 6) is 2.33. The smallest absolute Gasteiger partial charge is 0.243 e. The Kier molecular flexibility index (Phi) is 5.61. The average Bonchev–Trinajstić information content (AvgIpc) is 2.94. The van der Waals surface area contributed by atoms with Gasteiger partial charge in [-0.15, -0.1) is 0 Å². The van der Waals surface area contributed by atoms with Gasteiger partial charge in [-0.2, -0.15) is 4.98 Å². The predicted molar refractivity (Wildman–Crippen MR) is 88.9 cm³/mol. The van der Waals surface area contributed by atoms with Crippen molar-refractivity contribution < 1.29 is 4.52 Å². The summed E-state index contributed by atoms with van der Waals surface area (Å²) in [6.45, 7) is 18.7. The molecule has 1 aliphatic rings. The molecule has 2 heterocycles. The van der Waals surface area contributed by atoms with Crippen molar-refractivity contribution >= 4 is 0 Å². The van der Waals surface area contributed by atoms with Gasteiger partial charge in [-0.05, 0) is 25.8 Å². The van der Waals surface area contributed by atoms with Gasteiger partial charge in [-0.25, -0.2) is 0 Å². The van der Waals surface area contributed by atoms with Crippen molar-refractivity contribution in [2.45, 2.75) is 59.4 Å². The molecular weight excluding hydrogens is 276 g/mol. The first-order chi connectivity index (χ1) is 10.3. The number of rotatable bonds is 5. The molecule has 0 bridgehead atoms. The number of hydrogen-bond donors (Lipinski definition) is 0. The van der Waals surface area contributed by atoms with Gasteiger partial charge in [0.15, 0.2) is 5.82 Å². The van der Waals surface area contributed by atoms with E-state index in [1.807, 2.05) is 0 Å². The monoisotopic (exact) mass is 308 g/mol. The van der Waals surface area contributed by atoms with E-state index in [0.717, 1.165) is 43.8 Å². The molecule has 0 amide bonds. The molecule has 1 unspecified atom stereocenters. The molecular formula is C17H32N4O. The van der Waals surface area contributed by atoms with E-state index < -0.39 is 0 Å². The van der Waals surface area contributed by atoms with Gasteiger partial charge in [0, 0.05) is 31.6 Å². The van der Waals surface area contributed by atoms with Gasteiger partial charge in [0.25, 0.3) is 0 Å². The SMILES string of the molecule is CC(C)CCN1CCN(C(C)c2nc(C(C)(C)C)no2)CC1.